The van der Waals surface area contributed by atoms with Crippen LogP contribution in [0.4, 0.5) is 8.78 Å². The van der Waals surface area contributed by atoms with E-state index < -0.39 is 6.61 Å². The minimum absolute atomic E-state index is 0. The lowest BCUT2D eigenvalue weighted by Crippen LogP contribution is -2.04. The Labute approximate surface area is 79.4 Å². The van der Waals surface area contributed by atoms with Gasteiger partial charge in [-0.2, -0.15) is 14.0 Å². The predicted molar refractivity (Wildman–Crippen MR) is 42.8 cm³/mol. The van der Waals surface area contributed by atoms with Crippen molar-refractivity contribution in [1.29, 1.82) is 5.26 Å². The molecule has 1 aromatic rings. The Bertz CT molecular complexity index is 314. The normalized spacial score (nSPS) is 8.77. The Morgan fingerprint density at radius 2 is 2.23 bits per heavy atom. The third kappa shape index (κ3) is 3.22. The summed E-state index contributed by atoms with van der Waals surface area (Å²) in [6, 6.07) is 4.50. The van der Waals surface area contributed by atoms with Crippen molar-refractivity contribution in [2.24, 2.45) is 0 Å². The van der Waals surface area contributed by atoms with Gasteiger partial charge in [0.25, 0.3) is 0 Å². The van der Waals surface area contributed by atoms with Crippen LogP contribution in [0.25, 0.3) is 0 Å². The molecule has 1 aromatic heterocycles. The molecule has 70 valence electrons. The molecule has 0 saturated heterocycles. The van der Waals surface area contributed by atoms with Crippen LogP contribution in [0.2, 0.25) is 0 Å². The number of halogens is 3. The van der Waals surface area contributed by atoms with E-state index in [1.165, 1.54) is 18.3 Å². The molecule has 0 spiro atoms. The number of nitrogens with zero attached hydrogens (tertiary/aromatic N) is 2. The summed E-state index contributed by atoms with van der Waals surface area (Å²) >= 11 is 0. The third-order valence-corrected chi connectivity index (χ3v) is 1.09. The van der Waals surface area contributed by atoms with E-state index in [2.05, 4.69) is 9.72 Å². The van der Waals surface area contributed by atoms with Crippen molar-refractivity contribution in [2.75, 3.05) is 0 Å². The van der Waals surface area contributed by atoms with Crippen LogP contribution in [-0.2, 0) is 0 Å². The van der Waals surface area contributed by atoms with Crippen LogP contribution < -0.4 is 4.74 Å². The molecule has 0 bridgehead atoms. The van der Waals surface area contributed by atoms with E-state index in [1.807, 2.05) is 0 Å². The second kappa shape index (κ2) is 5.27. The third-order valence-electron chi connectivity index (χ3n) is 1.09. The van der Waals surface area contributed by atoms with Gasteiger partial charge in [-0.3, -0.25) is 0 Å². The first-order valence-electron chi connectivity index (χ1n) is 3.04. The summed E-state index contributed by atoms with van der Waals surface area (Å²) in [6.07, 6.45) is 1.28. The first kappa shape index (κ1) is 11.6. The Hall–Kier alpha value is -1.41. The van der Waals surface area contributed by atoms with Gasteiger partial charge in [-0.05, 0) is 12.1 Å². The minimum atomic E-state index is -2.95. The summed E-state index contributed by atoms with van der Waals surface area (Å²) in [5, 5.41) is 8.42. The van der Waals surface area contributed by atoms with Crippen molar-refractivity contribution in [3.8, 4) is 11.9 Å². The maximum absolute atomic E-state index is 11.7. The molecular formula is C7H5ClF2N2O. The predicted octanol–water partition coefficient (Wildman–Crippen LogP) is 1.98. The van der Waals surface area contributed by atoms with Gasteiger partial charge in [0.2, 0.25) is 5.88 Å². The number of alkyl halides is 2. The SMILES string of the molecule is Cl.N#Cc1cccnc1OC(F)F. The number of nitriles is 1. The zero-order valence-corrected chi connectivity index (χ0v) is 7.09. The lowest BCUT2D eigenvalue weighted by Gasteiger charge is -2.02. The van der Waals surface area contributed by atoms with Crippen molar-refractivity contribution >= 4 is 12.4 Å². The summed E-state index contributed by atoms with van der Waals surface area (Å²) in [4.78, 5) is 3.46. The number of aromatic nitrogens is 1. The maximum atomic E-state index is 11.7. The molecule has 0 aliphatic rings. The van der Waals surface area contributed by atoms with Crippen molar-refractivity contribution in [2.45, 2.75) is 6.61 Å². The Morgan fingerprint density at radius 3 is 2.77 bits per heavy atom. The molecule has 0 radical (unpaired) electrons. The topological polar surface area (TPSA) is 45.9 Å². The number of pyridine rings is 1. The van der Waals surface area contributed by atoms with Crippen molar-refractivity contribution in [1.82, 2.24) is 4.98 Å². The van der Waals surface area contributed by atoms with Crippen LogP contribution >= 0.6 is 12.4 Å². The highest BCUT2D eigenvalue weighted by Crippen LogP contribution is 2.14. The molecule has 3 nitrogen and oxygen atoms in total. The van der Waals surface area contributed by atoms with Gasteiger partial charge in [0, 0.05) is 6.20 Å². The quantitative estimate of drug-likeness (QED) is 0.743. The molecule has 0 atom stereocenters. The highest BCUT2D eigenvalue weighted by atomic mass is 35.5. The first-order chi connectivity index (χ1) is 5.74. The second-order valence-corrected chi connectivity index (χ2v) is 1.85. The first-order valence-corrected chi connectivity index (χ1v) is 3.04. The fraction of sp³-hybridized carbons (Fsp3) is 0.143. The zero-order chi connectivity index (χ0) is 8.97. The molecule has 0 aromatic carbocycles. The largest absolute Gasteiger partial charge is 0.415 e. The van der Waals surface area contributed by atoms with Gasteiger partial charge < -0.3 is 4.74 Å². The summed E-state index contributed by atoms with van der Waals surface area (Å²) in [5.41, 5.74) is -0.00204. The molecule has 0 saturated carbocycles. The summed E-state index contributed by atoms with van der Waals surface area (Å²) < 4.78 is 27.3. The van der Waals surface area contributed by atoms with E-state index >= 15 is 0 Å². The van der Waals surface area contributed by atoms with E-state index in [0.717, 1.165) is 0 Å². The van der Waals surface area contributed by atoms with Gasteiger partial charge in [-0.15, -0.1) is 12.4 Å². The molecule has 0 aliphatic carbocycles. The molecule has 0 N–H and O–H groups in total. The molecule has 6 heteroatoms. The van der Waals surface area contributed by atoms with E-state index in [1.54, 1.807) is 6.07 Å². The molecule has 13 heavy (non-hydrogen) atoms. The number of hydrogen-bond donors (Lipinski definition) is 0. The van der Waals surface area contributed by atoms with Crippen molar-refractivity contribution in [3.05, 3.63) is 23.9 Å². The lowest BCUT2D eigenvalue weighted by atomic mass is 10.3. The van der Waals surface area contributed by atoms with E-state index in [-0.39, 0.29) is 23.9 Å². The Morgan fingerprint density at radius 1 is 1.54 bits per heavy atom. The zero-order valence-electron chi connectivity index (χ0n) is 6.28. The van der Waals surface area contributed by atoms with Crippen LogP contribution in [0.15, 0.2) is 18.3 Å². The smallest absolute Gasteiger partial charge is 0.388 e. The van der Waals surface area contributed by atoms with E-state index in [0.29, 0.717) is 0 Å². The van der Waals surface area contributed by atoms with Gasteiger partial charge in [0.1, 0.15) is 11.6 Å². The summed E-state index contributed by atoms with van der Waals surface area (Å²) in [5.74, 6) is -0.338. The molecule has 0 unspecified atom stereocenters. The van der Waals surface area contributed by atoms with Gasteiger partial charge in [0.05, 0.1) is 0 Å². The fourth-order valence-corrected chi connectivity index (χ4v) is 0.654. The van der Waals surface area contributed by atoms with Crippen LogP contribution in [-0.4, -0.2) is 11.6 Å². The van der Waals surface area contributed by atoms with Crippen LogP contribution in [0.5, 0.6) is 5.88 Å². The average molecular weight is 207 g/mol. The van der Waals surface area contributed by atoms with Crippen molar-refractivity contribution in [3.63, 3.8) is 0 Å². The monoisotopic (exact) mass is 206 g/mol. The van der Waals surface area contributed by atoms with Crippen LogP contribution in [0.3, 0.4) is 0 Å². The number of hydrogen-bond acceptors (Lipinski definition) is 3. The molecule has 0 amide bonds. The van der Waals surface area contributed by atoms with Gasteiger partial charge in [-0.25, -0.2) is 4.98 Å². The maximum Gasteiger partial charge on any atom is 0.388 e. The molecular weight excluding hydrogens is 202 g/mol. The Kier molecular flexibility index (Phi) is 4.70. The molecule has 1 heterocycles. The lowest BCUT2D eigenvalue weighted by molar-refractivity contribution is -0.0530. The standard InChI is InChI=1S/C7H4F2N2O.ClH/c8-7(9)12-6-5(4-10)2-1-3-11-6;/h1-3,7H;1H. The minimum Gasteiger partial charge on any atom is -0.415 e. The van der Waals surface area contributed by atoms with Gasteiger partial charge in [0.15, 0.2) is 0 Å². The molecule has 0 aliphatic heterocycles. The van der Waals surface area contributed by atoms with E-state index in [9.17, 15) is 8.78 Å². The molecule has 1 rings (SSSR count). The summed E-state index contributed by atoms with van der Waals surface area (Å²) in [6.45, 7) is -2.95. The molecule has 0 fully saturated rings. The van der Waals surface area contributed by atoms with Gasteiger partial charge in [-0.1, -0.05) is 0 Å². The summed E-state index contributed by atoms with van der Waals surface area (Å²) in [7, 11) is 0. The van der Waals surface area contributed by atoms with E-state index in [4.69, 9.17) is 5.26 Å². The van der Waals surface area contributed by atoms with Gasteiger partial charge >= 0.3 is 6.61 Å². The fourth-order valence-electron chi connectivity index (χ4n) is 0.654. The van der Waals surface area contributed by atoms with Crippen molar-refractivity contribution < 1.29 is 13.5 Å². The highest BCUT2D eigenvalue weighted by Gasteiger charge is 2.09. The number of rotatable bonds is 2. The van der Waals surface area contributed by atoms with Crippen LogP contribution in [0, 0.1) is 11.3 Å². The Balaban J connectivity index is 0.00000144. The second-order valence-electron chi connectivity index (χ2n) is 1.85. The average Bonchev–Trinajstić information content (AvgIpc) is 2.04. The number of ether oxygens (including phenoxy) is 1. The van der Waals surface area contributed by atoms with Crippen LogP contribution in [0.1, 0.15) is 5.56 Å². The highest BCUT2D eigenvalue weighted by molar-refractivity contribution is 5.85.